The lowest BCUT2D eigenvalue weighted by atomic mass is 9.95. The number of likely N-dealkylation sites (N-methyl/N-ethyl adjacent to an activating group) is 1. The minimum atomic E-state index is -0.765. The Labute approximate surface area is 169 Å². The van der Waals surface area contributed by atoms with Gasteiger partial charge in [0.2, 0.25) is 0 Å². The highest BCUT2D eigenvalue weighted by atomic mass is 19.1. The first-order chi connectivity index (χ1) is 14.0. The van der Waals surface area contributed by atoms with Crippen LogP contribution in [0.2, 0.25) is 0 Å². The molecule has 29 heavy (non-hydrogen) atoms. The maximum absolute atomic E-state index is 13.5. The van der Waals surface area contributed by atoms with Gasteiger partial charge in [-0.05, 0) is 43.7 Å². The Bertz CT molecular complexity index is 909. The molecule has 7 heteroatoms. The van der Waals surface area contributed by atoms with Crippen LogP contribution in [0, 0.1) is 5.82 Å². The number of aliphatic hydroxyl groups excluding tert-OH is 1. The number of quaternary nitrogens is 1. The van der Waals surface area contributed by atoms with Gasteiger partial charge in [-0.25, -0.2) is 4.39 Å². The summed E-state index contributed by atoms with van der Waals surface area (Å²) < 4.78 is 13.5. The molecule has 0 unspecified atom stereocenters. The summed E-state index contributed by atoms with van der Waals surface area (Å²) in [5.74, 6) is -2.05. The Morgan fingerprint density at radius 3 is 2.31 bits per heavy atom. The fraction of sp³-hybridized carbons (Fsp3) is 0.318. The van der Waals surface area contributed by atoms with Gasteiger partial charge in [0.25, 0.3) is 11.7 Å². The van der Waals surface area contributed by atoms with Crippen molar-refractivity contribution in [3.8, 4) is 0 Å². The summed E-state index contributed by atoms with van der Waals surface area (Å²) in [6.07, 6.45) is 3.00. The predicted molar refractivity (Wildman–Crippen MR) is 107 cm³/mol. The van der Waals surface area contributed by atoms with Gasteiger partial charge in [0.1, 0.15) is 11.6 Å². The molecule has 1 saturated heterocycles. The first-order valence-corrected chi connectivity index (χ1v) is 9.75. The first kappa shape index (κ1) is 20.7. The molecule has 0 bridgehead atoms. The van der Waals surface area contributed by atoms with E-state index in [1.807, 2.05) is 0 Å². The van der Waals surface area contributed by atoms with E-state index in [9.17, 15) is 19.1 Å². The average molecular weight is 398 g/mol. The zero-order chi connectivity index (χ0) is 21.0. The number of pyridine rings is 1. The van der Waals surface area contributed by atoms with Crippen LogP contribution < -0.4 is 4.90 Å². The lowest BCUT2D eigenvalue weighted by Gasteiger charge is -2.26. The van der Waals surface area contributed by atoms with Crippen LogP contribution in [0.5, 0.6) is 0 Å². The number of nitrogens with one attached hydrogen (secondary N) is 1. The summed E-state index contributed by atoms with van der Waals surface area (Å²) >= 11 is 0. The fourth-order valence-electron chi connectivity index (χ4n) is 3.65. The largest absolute Gasteiger partial charge is 0.507 e. The molecule has 0 spiro atoms. The molecule has 1 aliphatic rings. The molecular weight excluding hydrogens is 373 g/mol. The van der Waals surface area contributed by atoms with Crippen LogP contribution in [-0.2, 0) is 9.59 Å². The van der Waals surface area contributed by atoms with Gasteiger partial charge in [-0.2, -0.15) is 0 Å². The van der Waals surface area contributed by atoms with E-state index in [1.54, 1.807) is 24.3 Å². The van der Waals surface area contributed by atoms with Crippen molar-refractivity contribution < 1.29 is 24.0 Å². The number of likely N-dealkylation sites (tertiary alicyclic amines) is 1. The number of carbonyl (C=O) groups excluding carboxylic acids is 2. The van der Waals surface area contributed by atoms with Crippen molar-refractivity contribution in [1.82, 2.24) is 9.88 Å². The number of amides is 1. The number of carbonyl (C=O) groups is 2. The minimum absolute atomic E-state index is 0.0161. The van der Waals surface area contributed by atoms with Crippen molar-refractivity contribution in [1.29, 1.82) is 0 Å². The number of aromatic nitrogens is 1. The molecule has 3 rings (SSSR count). The smallest absolute Gasteiger partial charge is 0.295 e. The summed E-state index contributed by atoms with van der Waals surface area (Å²) in [6.45, 7) is 6.96. The molecule has 152 valence electrons. The zero-order valence-corrected chi connectivity index (χ0v) is 16.6. The molecule has 2 heterocycles. The van der Waals surface area contributed by atoms with Crippen LogP contribution in [0.4, 0.5) is 4.39 Å². The van der Waals surface area contributed by atoms with Crippen molar-refractivity contribution >= 4 is 17.4 Å². The fourth-order valence-corrected chi connectivity index (χ4v) is 3.65. The SMILES string of the molecule is CC[NH+](CC)CCN1C(=O)C(=O)/C(=C(/O)c2ccncc2)[C@H]1c1ccc(F)cc1. The lowest BCUT2D eigenvalue weighted by Crippen LogP contribution is -3.12. The van der Waals surface area contributed by atoms with E-state index >= 15 is 0 Å². The third kappa shape index (κ3) is 4.19. The van der Waals surface area contributed by atoms with Crippen LogP contribution in [-0.4, -0.2) is 52.9 Å². The first-order valence-electron chi connectivity index (χ1n) is 9.75. The van der Waals surface area contributed by atoms with Crippen LogP contribution in [0.3, 0.4) is 0 Å². The Morgan fingerprint density at radius 1 is 1.10 bits per heavy atom. The number of nitrogens with zero attached hydrogens (tertiary/aromatic N) is 2. The second-order valence-electron chi connectivity index (χ2n) is 6.99. The number of Topliss-reactive ketones (excluding diaryl/α,β-unsaturated/α-hetero) is 1. The molecule has 6 nitrogen and oxygen atoms in total. The van der Waals surface area contributed by atoms with E-state index < -0.39 is 23.5 Å². The number of ketones is 1. The number of aliphatic hydroxyl groups is 1. The Morgan fingerprint density at radius 2 is 1.72 bits per heavy atom. The van der Waals surface area contributed by atoms with Gasteiger partial charge < -0.3 is 14.9 Å². The molecule has 1 fully saturated rings. The van der Waals surface area contributed by atoms with Crippen LogP contribution in [0.25, 0.3) is 5.76 Å². The van der Waals surface area contributed by atoms with Gasteiger partial charge in [-0.3, -0.25) is 14.6 Å². The maximum atomic E-state index is 13.5. The van der Waals surface area contributed by atoms with Gasteiger partial charge in [0, 0.05) is 18.0 Å². The quantitative estimate of drug-likeness (QED) is 0.422. The molecular formula is C22H25FN3O3+. The summed E-state index contributed by atoms with van der Waals surface area (Å²) in [5, 5.41) is 10.9. The lowest BCUT2D eigenvalue weighted by molar-refractivity contribution is -0.895. The van der Waals surface area contributed by atoms with Gasteiger partial charge >= 0.3 is 0 Å². The normalized spacial score (nSPS) is 18.6. The molecule has 1 aromatic heterocycles. The standard InChI is InChI=1S/C22H24FN3O3/c1-3-25(4-2)13-14-26-19(15-5-7-17(23)8-6-15)18(21(28)22(26)29)20(27)16-9-11-24-12-10-16/h5-12,19,27H,3-4,13-14H2,1-2H3/p+1/b20-18+/t19-/m1/s1. The number of hydrogen-bond donors (Lipinski definition) is 2. The number of rotatable bonds is 7. The zero-order valence-electron chi connectivity index (χ0n) is 16.6. The van der Waals surface area contributed by atoms with Gasteiger partial charge in [0.05, 0.1) is 37.8 Å². The summed E-state index contributed by atoms with van der Waals surface area (Å²) in [5.41, 5.74) is 0.998. The molecule has 2 aromatic rings. The average Bonchev–Trinajstić information content (AvgIpc) is 3.00. The van der Waals surface area contributed by atoms with Crippen molar-refractivity contribution in [2.45, 2.75) is 19.9 Å². The molecule has 1 atom stereocenters. The molecule has 1 aromatic carbocycles. The van der Waals surface area contributed by atoms with Crippen molar-refractivity contribution in [3.63, 3.8) is 0 Å². The highest BCUT2D eigenvalue weighted by Gasteiger charge is 2.46. The van der Waals surface area contributed by atoms with Crippen LogP contribution in [0.1, 0.15) is 31.0 Å². The van der Waals surface area contributed by atoms with E-state index in [1.165, 1.54) is 34.3 Å². The molecule has 1 aliphatic heterocycles. The third-order valence-electron chi connectivity index (χ3n) is 5.39. The molecule has 0 saturated carbocycles. The molecule has 0 radical (unpaired) electrons. The van der Waals surface area contributed by atoms with E-state index in [-0.39, 0.29) is 11.3 Å². The van der Waals surface area contributed by atoms with Crippen molar-refractivity contribution in [2.24, 2.45) is 0 Å². The molecule has 0 aliphatic carbocycles. The van der Waals surface area contributed by atoms with Gasteiger partial charge in [-0.15, -0.1) is 0 Å². The van der Waals surface area contributed by atoms with Crippen molar-refractivity contribution in [2.75, 3.05) is 26.2 Å². The Balaban J connectivity index is 2.07. The predicted octanol–water partition coefficient (Wildman–Crippen LogP) is 1.57. The molecule has 1 amide bonds. The number of hydrogen-bond acceptors (Lipinski definition) is 4. The summed E-state index contributed by atoms with van der Waals surface area (Å²) in [4.78, 5) is 32.4. The van der Waals surface area contributed by atoms with Crippen molar-refractivity contribution in [3.05, 3.63) is 71.3 Å². The van der Waals surface area contributed by atoms with Gasteiger partial charge in [0.15, 0.2) is 0 Å². The second kappa shape index (κ2) is 8.96. The maximum Gasteiger partial charge on any atom is 0.295 e. The van der Waals surface area contributed by atoms with E-state index in [0.29, 0.717) is 24.2 Å². The third-order valence-corrected chi connectivity index (χ3v) is 5.39. The van der Waals surface area contributed by atoms with Crippen LogP contribution >= 0.6 is 0 Å². The van der Waals surface area contributed by atoms with E-state index in [0.717, 1.165) is 13.1 Å². The monoisotopic (exact) mass is 398 g/mol. The topological polar surface area (TPSA) is 74.9 Å². The second-order valence-corrected chi connectivity index (χ2v) is 6.99. The summed E-state index contributed by atoms with van der Waals surface area (Å²) in [6, 6.07) is 8.05. The minimum Gasteiger partial charge on any atom is -0.507 e. The molecule has 2 N–H and O–H groups in total. The highest BCUT2D eigenvalue weighted by Crippen LogP contribution is 2.38. The van der Waals surface area contributed by atoms with E-state index in [4.69, 9.17) is 0 Å². The summed E-state index contributed by atoms with van der Waals surface area (Å²) in [7, 11) is 0. The Hall–Kier alpha value is -3.06. The number of benzene rings is 1. The number of halogens is 1. The van der Waals surface area contributed by atoms with Crippen LogP contribution in [0.15, 0.2) is 54.4 Å². The Kier molecular flexibility index (Phi) is 6.39. The van der Waals surface area contributed by atoms with E-state index in [2.05, 4.69) is 18.8 Å². The highest BCUT2D eigenvalue weighted by molar-refractivity contribution is 6.46. The van der Waals surface area contributed by atoms with Gasteiger partial charge in [-0.1, -0.05) is 12.1 Å².